The molecule has 98 valence electrons. The molecule has 0 aliphatic rings. The first kappa shape index (κ1) is 13.1. The highest BCUT2D eigenvalue weighted by atomic mass is 35.5. The summed E-state index contributed by atoms with van der Waals surface area (Å²) in [7, 11) is 0. The van der Waals surface area contributed by atoms with Gasteiger partial charge in [-0.2, -0.15) is 0 Å². The summed E-state index contributed by atoms with van der Waals surface area (Å²) in [6.07, 6.45) is 0. The zero-order valence-electron chi connectivity index (χ0n) is 10.4. The largest absolute Gasteiger partial charge is 0.159 e. The first-order valence-electron chi connectivity index (χ1n) is 6.08. The van der Waals surface area contributed by atoms with Crippen molar-refractivity contribution in [2.24, 2.45) is 0 Å². The van der Waals surface area contributed by atoms with Crippen molar-refractivity contribution < 1.29 is 0 Å². The minimum atomic E-state index is 0.397. The molecule has 0 fully saturated rings. The van der Waals surface area contributed by atoms with E-state index in [-0.39, 0.29) is 0 Å². The smallest absolute Gasteiger partial charge is 0.149 e. The Hall–Kier alpha value is -1.90. The van der Waals surface area contributed by atoms with Crippen molar-refractivity contribution in [3.63, 3.8) is 0 Å². The summed E-state index contributed by atoms with van der Waals surface area (Å²) < 4.78 is 0. The summed E-state index contributed by atoms with van der Waals surface area (Å²) in [5, 5.41) is 9.27. The average Bonchev–Trinajstić information content (AvgIpc) is 2.50. The summed E-state index contributed by atoms with van der Waals surface area (Å²) in [6, 6.07) is 19.3. The fourth-order valence-corrected chi connectivity index (χ4v) is 2.29. The Kier molecular flexibility index (Phi) is 3.68. The highest BCUT2D eigenvalue weighted by molar-refractivity contribution is 6.32. The molecule has 0 N–H and O–H groups in total. The van der Waals surface area contributed by atoms with Crippen LogP contribution in [0.1, 0.15) is 0 Å². The van der Waals surface area contributed by atoms with Crippen molar-refractivity contribution in [3.8, 4) is 22.4 Å². The van der Waals surface area contributed by atoms with Crippen LogP contribution >= 0.6 is 23.2 Å². The lowest BCUT2D eigenvalue weighted by molar-refractivity contribution is 1.04. The maximum absolute atomic E-state index is 6.15. The highest BCUT2D eigenvalue weighted by Crippen LogP contribution is 2.29. The van der Waals surface area contributed by atoms with Crippen molar-refractivity contribution >= 4 is 23.2 Å². The van der Waals surface area contributed by atoms with Gasteiger partial charge < -0.3 is 0 Å². The zero-order valence-corrected chi connectivity index (χ0v) is 11.9. The molecule has 0 aliphatic heterocycles. The van der Waals surface area contributed by atoms with Gasteiger partial charge in [0.05, 0.1) is 5.69 Å². The van der Waals surface area contributed by atoms with E-state index in [0.29, 0.717) is 10.2 Å². The third-order valence-corrected chi connectivity index (χ3v) is 3.50. The predicted octanol–water partition coefficient (Wildman–Crippen LogP) is 5.12. The summed E-state index contributed by atoms with van der Waals surface area (Å²) >= 11 is 12.0. The van der Waals surface area contributed by atoms with E-state index >= 15 is 0 Å². The van der Waals surface area contributed by atoms with Gasteiger partial charge in [-0.25, -0.2) is 0 Å². The zero-order chi connectivity index (χ0) is 13.9. The van der Waals surface area contributed by atoms with Crippen LogP contribution in [0.2, 0.25) is 10.2 Å². The Morgan fingerprint density at radius 2 is 1.40 bits per heavy atom. The van der Waals surface area contributed by atoms with Crippen molar-refractivity contribution in [1.82, 2.24) is 10.2 Å². The molecule has 0 atom stereocenters. The minimum Gasteiger partial charge on any atom is -0.149 e. The maximum atomic E-state index is 6.15. The van der Waals surface area contributed by atoms with Crippen LogP contribution in [-0.4, -0.2) is 10.2 Å². The average molecular weight is 301 g/mol. The number of hydrogen-bond donors (Lipinski definition) is 0. The van der Waals surface area contributed by atoms with Crippen LogP contribution < -0.4 is 0 Å². The fourth-order valence-electron chi connectivity index (χ4n) is 1.96. The Morgan fingerprint density at radius 3 is 2.10 bits per heavy atom. The molecule has 0 aliphatic carbocycles. The van der Waals surface area contributed by atoms with Crippen molar-refractivity contribution in [3.05, 3.63) is 70.8 Å². The number of benzene rings is 2. The molecule has 1 aromatic heterocycles. The monoisotopic (exact) mass is 300 g/mol. The van der Waals surface area contributed by atoms with Gasteiger partial charge in [0.2, 0.25) is 0 Å². The van der Waals surface area contributed by atoms with Gasteiger partial charge in [-0.15, -0.1) is 10.2 Å². The second kappa shape index (κ2) is 5.61. The molecule has 0 bridgehead atoms. The van der Waals surface area contributed by atoms with E-state index < -0.39 is 0 Å². The molecule has 3 aromatic rings. The van der Waals surface area contributed by atoms with Crippen LogP contribution in [0.5, 0.6) is 0 Å². The van der Waals surface area contributed by atoms with Gasteiger partial charge in [-0.3, -0.25) is 0 Å². The van der Waals surface area contributed by atoms with E-state index in [9.17, 15) is 0 Å². The Balaban J connectivity index is 2.09. The number of nitrogens with zero attached hydrogens (tertiary/aromatic N) is 2. The third-order valence-electron chi connectivity index (χ3n) is 2.97. The van der Waals surface area contributed by atoms with E-state index in [2.05, 4.69) is 10.2 Å². The van der Waals surface area contributed by atoms with Crippen LogP contribution in [-0.2, 0) is 0 Å². The number of rotatable bonds is 2. The van der Waals surface area contributed by atoms with Crippen LogP contribution in [0, 0.1) is 0 Å². The molecule has 20 heavy (non-hydrogen) atoms. The lowest BCUT2D eigenvalue weighted by Crippen LogP contribution is -1.91. The number of aromatic nitrogens is 2. The number of hydrogen-bond acceptors (Lipinski definition) is 2. The standard InChI is InChI=1S/C16H10Cl2N2/c17-13-8-6-12(7-9-13)15-10-14(16(18)20-19-15)11-4-2-1-3-5-11/h1-10H. The Labute approximate surface area is 127 Å². The molecule has 0 saturated carbocycles. The molecule has 2 aromatic carbocycles. The topological polar surface area (TPSA) is 25.8 Å². The van der Waals surface area contributed by atoms with Gasteiger partial charge in [-0.1, -0.05) is 65.7 Å². The Morgan fingerprint density at radius 1 is 0.700 bits per heavy atom. The fraction of sp³-hybridized carbons (Fsp3) is 0. The van der Waals surface area contributed by atoms with Crippen LogP contribution in [0.4, 0.5) is 0 Å². The van der Waals surface area contributed by atoms with E-state index in [1.165, 1.54) is 0 Å². The Bertz CT molecular complexity index is 725. The lowest BCUT2D eigenvalue weighted by atomic mass is 10.1. The second-order valence-electron chi connectivity index (χ2n) is 4.31. The molecular formula is C16H10Cl2N2. The molecule has 0 radical (unpaired) electrons. The highest BCUT2D eigenvalue weighted by Gasteiger charge is 2.08. The van der Waals surface area contributed by atoms with Gasteiger partial charge >= 0.3 is 0 Å². The summed E-state index contributed by atoms with van der Waals surface area (Å²) in [4.78, 5) is 0. The molecular weight excluding hydrogens is 291 g/mol. The maximum Gasteiger partial charge on any atom is 0.159 e. The quantitative estimate of drug-likeness (QED) is 0.656. The van der Waals surface area contributed by atoms with Gasteiger partial charge in [0.25, 0.3) is 0 Å². The van der Waals surface area contributed by atoms with Gasteiger partial charge in [0.1, 0.15) is 0 Å². The lowest BCUT2D eigenvalue weighted by Gasteiger charge is -2.06. The van der Waals surface area contributed by atoms with Crippen LogP contribution in [0.15, 0.2) is 60.7 Å². The van der Waals surface area contributed by atoms with E-state index in [1.807, 2.05) is 60.7 Å². The van der Waals surface area contributed by atoms with Gasteiger partial charge in [0.15, 0.2) is 5.15 Å². The molecule has 1 heterocycles. The second-order valence-corrected chi connectivity index (χ2v) is 5.10. The third kappa shape index (κ3) is 2.67. The molecule has 0 spiro atoms. The molecule has 0 amide bonds. The summed E-state index contributed by atoms with van der Waals surface area (Å²) in [5.41, 5.74) is 3.61. The van der Waals surface area contributed by atoms with E-state index in [4.69, 9.17) is 23.2 Å². The SMILES string of the molecule is Clc1ccc(-c2cc(-c3ccccc3)c(Cl)nn2)cc1. The van der Waals surface area contributed by atoms with Crippen molar-refractivity contribution in [2.45, 2.75) is 0 Å². The molecule has 0 unspecified atom stereocenters. The van der Waals surface area contributed by atoms with Gasteiger partial charge in [0, 0.05) is 16.1 Å². The predicted molar refractivity (Wildman–Crippen MR) is 82.9 cm³/mol. The normalized spacial score (nSPS) is 10.5. The minimum absolute atomic E-state index is 0.397. The first-order chi connectivity index (χ1) is 9.74. The van der Waals surface area contributed by atoms with Crippen molar-refractivity contribution in [2.75, 3.05) is 0 Å². The van der Waals surface area contributed by atoms with E-state index in [0.717, 1.165) is 22.4 Å². The van der Waals surface area contributed by atoms with Crippen LogP contribution in [0.3, 0.4) is 0 Å². The molecule has 0 saturated heterocycles. The first-order valence-corrected chi connectivity index (χ1v) is 6.84. The van der Waals surface area contributed by atoms with Crippen LogP contribution in [0.25, 0.3) is 22.4 Å². The van der Waals surface area contributed by atoms with E-state index in [1.54, 1.807) is 0 Å². The van der Waals surface area contributed by atoms with Gasteiger partial charge in [-0.05, 0) is 23.8 Å². The van der Waals surface area contributed by atoms with Crippen molar-refractivity contribution in [1.29, 1.82) is 0 Å². The summed E-state index contributed by atoms with van der Waals surface area (Å²) in [5.74, 6) is 0. The molecule has 3 rings (SSSR count). The molecule has 4 heteroatoms. The summed E-state index contributed by atoms with van der Waals surface area (Å²) in [6.45, 7) is 0. The number of halogens is 2. The molecule has 2 nitrogen and oxygen atoms in total.